The fourth-order valence-electron chi connectivity index (χ4n) is 8.43. The van der Waals surface area contributed by atoms with Crippen LogP contribution in [0.5, 0.6) is 0 Å². The molecule has 0 radical (unpaired) electrons. The van der Waals surface area contributed by atoms with Crippen LogP contribution in [0.2, 0.25) is 0 Å². The predicted octanol–water partition coefficient (Wildman–Crippen LogP) is 5.53. The van der Waals surface area contributed by atoms with E-state index in [2.05, 4.69) is 10.6 Å². The first-order valence-corrected chi connectivity index (χ1v) is 19.4. The third kappa shape index (κ3) is 9.52. The zero-order chi connectivity index (χ0) is 41.8. The number of hydrogen-bond donors (Lipinski definition) is 3. The molecule has 5 rings (SSSR count). The van der Waals surface area contributed by atoms with Crippen molar-refractivity contribution in [1.82, 2.24) is 20.4 Å². The number of carboxylic acid groups (broad SMARTS) is 1. The van der Waals surface area contributed by atoms with Crippen molar-refractivity contribution >= 4 is 41.1 Å². The smallest absolute Gasteiger partial charge is 0.410 e. The number of nitrogens with one attached hydrogen (secondary N) is 2. The molecule has 304 valence electrons. The van der Waals surface area contributed by atoms with Crippen molar-refractivity contribution in [3.63, 3.8) is 0 Å². The molecule has 3 N–H and O–H groups in total. The molecule has 0 spiro atoms. The fourth-order valence-corrected chi connectivity index (χ4v) is 8.43. The first kappa shape index (κ1) is 42.6. The van der Waals surface area contributed by atoms with Crippen LogP contribution in [0.25, 0.3) is 11.1 Å². The lowest BCUT2D eigenvalue weighted by atomic mass is 9.73. The standard InChI is InChI=1S/C44H54N4O9/c1-26(38-33(49)22-43(3,4)23-34(38)50)45-18-20-47(21-19-46-27(2)39-35(51)24-44(5,6)25-36(39)52)41(55)32(16-17-37(53)54)48(42(56)57-7)40-30-14-10-8-12-28(30)29-13-9-11-15-31(29)40/h8-15,32,40,45-46H,16-25H2,1-7H3,(H,53,54)/t32-/m0/s1. The molecule has 13 nitrogen and oxygen atoms in total. The zero-order valence-corrected chi connectivity index (χ0v) is 34.0. The molecule has 0 bridgehead atoms. The van der Waals surface area contributed by atoms with E-state index < -0.39 is 47.3 Å². The molecule has 0 unspecified atom stereocenters. The monoisotopic (exact) mass is 782 g/mol. The van der Waals surface area contributed by atoms with E-state index in [4.69, 9.17) is 4.74 Å². The molecule has 0 aromatic heterocycles. The lowest BCUT2D eigenvalue weighted by molar-refractivity contribution is -0.140. The van der Waals surface area contributed by atoms with E-state index in [1.807, 2.05) is 76.2 Å². The third-order valence-corrected chi connectivity index (χ3v) is 11.0. The molecule has 13 heteroatoms. The van der Waals surface area contributed by atoms with Crippen LogP contribution >= 0.6 is 0 Å². The summed E-state index contributed by atoms with van der Waals surface area (Å²) in [7, 11) is 1.21. The Morgan fingerprint density at radius 1 is 0.737 bits per heavy atom. The lowest BCUT2D eigenvalue weighted by Crippen LogP contribution is -2.54. The van der Waals surface area contributed by atoms with Gasteiger partial charge in [0.05, 0.1) is 24.3 Å². The summed E-state index contributed by atoms with van der Waals surface area (Å²) >= 11 is 0. The highest BCUT2D eigenvalue weighted by atomic mass is 16.5. The number of nitrogens with zero attached hydrogens (tertiary/aromatic N) is 2. The largest absolute Gasteiger partial charge is 0.481 e. The maximum atomic E-state index is 15.0. The first-order chi connectivity index (χ1) is 26.9. The van der Waals surface area contributed by atoms with Crippen LogP contribution in [-0.4, -0.2) is 95.3 Å². The Morgan fingerprint density at radius 2 is 1.14 bits per heavy atom. The van der Waals surface area contributed by atoms with Crippen molar-refractivity contribution in [2.45, 2.75) is 92.2 Å². The van der Waals surface area contributed by atoms with Crippen LogP contribution in [0.4, 0.5) is 4.79 Å². The number of carbonyl (C=O) groups is 7. The summed E-state index contributed by atoms with van der Waals surface area (Å²) in [6.45, 7) is 11.1. The second-order valence-corrected chi connectivity index (χ2v) is 16.8. The second-order valence-electron chi connectivity index (χ2n) is 16.8. The molecule has 2 amide bonds. The zero-order valence-electron chi connectivity index (χ0n) is 34.0. The van der Waals surface area contributed by atoms with Crippen molar-refractivity contribution in [3.05, 3.63) is 82.2 Å². The van der Waals surface area contributed by atoms with Gasteiger partial charge in [0.1, 0.15) is 6.04 Å². The number of hydrogen-bond acceptors (Lipinski definition) is 10. The van der Waals surface area contributed by atoms with Crippen LogP contribution < -0.4 is 10.6 Å². The molecular weight excluding hydrogens is 729 g/mol. The fraction of sp³-hybridized carbons (Fsp3) is 0.477. The van der Waals surface area contributed by atoms with Crippen LogP contribution in [0.1, 0.15) is 97.2 Å². The Morgan fingerprint density at radius 3 is 1.53 bits per heavy atom. The first-order valence-electron chi connectivity index (χ1n) is 19.4. The Bertz CT molecular complexity index is 1890. The van der Waals surface area contributed by atoms with Gasteiger partial charge in [-0.15, -0.1) is 0 Å². The number of fused-ring (bicyclic) bond motifs is 3. The average Bonchev–Trinajstić information content (AvgIpc) is 3.44. The van der Waals surface area contributed by atoms with E-state index in [-0.39, 0.29) is 92.6 Å². The number of allylic oxidation sites excluding steroid dienone is 4. The molecule has 2 aromatic carbocycles. The van der Waals surface area contributed by atoms with Crippen LogP contribution in [0.3, 0.4) is 0 Å². The van der Waals surface area contributed by atoms with Crippen LogP contribution in [-0.2, 0) is 33.5 Å². The van der Waals surface area contributed by atoms with E-state index in [0.717, 1.165) is 22.3 Å². The quantitative estimate of drug-likeness (QED) is 0.162. The molecule has 0 heterocycles. The third-order valence-electron chi connectivity index (χ3n) is 11.0. The number of carbonyl (C=O) groups excluding carboxylic acids is 6. The van der Waals surface area contributed by atoms with E-state index in [1.54, 1.807) is 13.8 Å². The minimum atomic E-state index is -1.30. The highest BCUT2D eigenvalue weighted by molar-refractivity contribution is 6.23. The molecule has 3 aliphatic carbocycles. The highest BCUT2D eigenvalue weighted by Gasteiger charge is 2.44. The molecule has 1 atom stereocenters. The molecular formula is C44H54N4O9. The van der Waals surface area contributed by atoms with Gasteiger partial charge in [-0.05, 0) is 53.4 Å². The van der Waals surface area contributed by atoms with Gasteiger partial charge in [0, 0.05) is 69.7 Å². The topological polar surface area (TPSA) is 179 Å². The van der Waals surface area contributed by atoms with Crippen LogP contribution in [0, 0.1) is 10.8 Å². The minimum Gasteiger partial charge on any atom is -0.481 e. The van der Waals surface area contributed by atoms with Gasteiger partial charge in [-0.2, -0.15) is 0 Å². The maximum absolute atomic E-state index is 15.0. The summed E-state index contributed by atoms with van der Waals surface area (Å²) in [4.78, 5) is 95.9. The Labute approximate surface area is 333 Å². The Hall–Kier alpha value is -5.59. The molecule has 0 aliphatic heterocycles. The average molecular weight is 783 g/mol. The van der Waals surface area contributed by atoms with Crippen molar-refractivity contribution in [2.24, 2.45) is 10.8 Å². The number of rotatable bonds is 14. The molecule has 2 saturated carbocycles. The molecule has 2 fully saturated rings. The number of benzene rings is 2. The van der Waals surface area contributed by atoms with Crippen molar-refractivity contribution < 1.29 is 43.4 Å². The predicted molar refractivity (Wildman–Crippen MR) is 213 cm³/mol. The number of methoxy groups -OCH3 is 1. The van der Waals surface area contributed by atoms with Crippen molar-refractivity contribution in [2.75, 3.05) is 33.3 Å². The normalized spacial score (nSPS) is 17.7. The summed E-state index contributed by atoms with van der Waals surface area (Å²) < 4.78 is 5.31. The minimum absolute atomic E-state index is 0.0249. The maximum Gasteiger partial charge on any atom is 0.410 e. The Balaban J connectivity index is 1.49. The number of ketones is 4. The van der Waals surface area contributed by atoms with Crippen molar-refractivity contribution in [1.29, 1.82) is 0 Å². The summed E-state index contributed by atoms with van der Waals surface area (Å²) in [5.41, 5.74) is 3.37. The second kappa shape index (κ2) is 17.3. The number of ether oxygens (including phenoxy) is 1. The summed E-state index contributed by atoms with van der Waals surface area (Å²) in [6, 6.07) is 13.0. The van der Waals surface area contributed by atoms with E-state index in [9.17, 15) is 38.7 Å². The SMILES string of the molecule is COC(=O)N(C1c2ccccc2-c2ccccc21)[C@@H](CCC(=O)O)C(=O)N(CCNC(C)=C1C(=O)CC(C)(C)CC1=O)CCNC(C)=C1C(=O)CC(C)(C)CC1=O. The van der Waals surface area contributed by atoms with Gasteiger partial charge in [-0.3, -0.25) is 33.7 Å². The number of Topliss-reactive ketones (excluding diaryl/α,β-unsaturated/α-hetero) is 4. The van der Waals surface area contributed by atoms with Gasteiger partial charge in [-0.25, -0.2) is 4.79 Å². The van der Waals surface area contributed by atoms with E-state index in [0.29, 0.717) is 11.4 Å². The van der Waals surface area contributed by atoms with Gasteiger partial charge in [0.25, 0.3) is 0 Å². The van der Waals surface area contributed by atoms with Gasteiger partial charge < -0.3 is 25.4 Å². The summed E-state index contributed by atoms with van der Waals surface area (Å²) in [5, 5.41) is 16.2. The Kier molecular flexibility index (Phi) is 12.9. The van der Waals surface area contributed by atoms with E-state index in [1.165, 1.54) is 16.9 Å². The number of carboxylic acids is 1. The number of amides is 2. The van der Waals surface area contributed by atoms with E-state index >= 15 is 0 Å². The van der Waals surface area contributed by atoms with Crippen molar-refractivity contribution in [3.8, 4) is 11.1 Å². The highest BCUT2D eigenvalue weighted by Crippen LogP contribution is 2.47. The van der Waals surface area contributed by atoms with Gasteiger partial charge in [-0.1, -0.05) is 76.2 Å². The van der Waals surface area contributed by atoms with Gasteiger partial charge >= 0.3 is 12.1 Å². The molecule has 57 heavy (non-hydrogen) atoms. The summed E-state index contributed by atoms with van der Waals surface area (Å²) in [6.07, 6.45) is -0.577. The van der Waals surface area contributed by atoms with Gasteiger partial charge in [0.2, 0.25) is 5.91 Å². The lowest BCUT2D eigenvalue weighted by Gasteiger charge is -2.38. The molecule has 3 aliphatic rings. The summed E-state index contributed by atoms with van der Waals surface area (Å²) in [5.74, 6) is -2.72. The van der Waals surface area contributed by atoms with Gasteiger partial charge in [0.15, 0.2) is 23.1 Å². The molecule has 2 aromatic rings. The molecule has 0 saturated heterocycles. The van der Waals surface area contributed by atoms with Crippen LogP contribution in [0.15, 0.2) is 71.1 Å². The number of aliphatic carboxylic acids is 1.